The smallest absolute Gasteiger partial charge is 0.407 e. The van der Waals surface area contributed by atoms with Gasteiger partial charge in [0.2, 0.25) is 5.91 Å². The van der Waals surface area contributed by atoms with E-state index < -0.39 is 30.2 Å². The molecule has 4 fully saturated rings. The number of hydrogen-bond donors (Lipinski definition) is 8. The summed E-state index contributed by atoms with van der Waals surface area (Å²) in [5.74, 6) is 4.80. The lowest BCUT2D eigenvalue weighted by Gasteiger charge is -2.65. The van der Waals surface area contributed by atoms with Crippen LogP contribution < -0.4 is 43.8 Å². The third kappa shape index (κ3) is 18.1. The molecular formula is C51H94N10O9. The van der Waals surface area contributed by atoms with E-state index in [9.17, 15) is 19.2 Å². The molecule has 0 saturated heterocycles. The van der Waals surface area contributed by atoms with E-state index in [1.165, 1.54) is 57.8 Å². The van der Waals surface area contributed by atoms with Crippen LogP contribution in [0.4, 0.5) is 14.4 Å². The first-order chi connectivity index (χ1) is 33.4. The van der Waals surface area contributed by atoms with Crippen molar-refractivity contribution in [1.29, 1.82) is 0 Å². The summed E-state index contributed by atoms with van der Waals surface area (Å²) in [6, 6.07) is -0.483. The Morgan fingerprint density at radius 3 is 2.03 bits per heavy atom. The van der Waals surface area contributed by atoms with E-state index in [1.54, 1.807) is 7.05 Å². The SMILES string of the molecule is CN=C(N)NCCCNC(=O)OCCC(CCOC(=O)NCCCN=C(N)N)NC(=O)COCCOCCNC(=O)OC1CCC2(C)C3CCC4(C)C(C(C)CCCC(C)C)CCC4C3CCC2(C)C1. The monoisotopic (exact) mass is 991 g/mol. The lowest BCUT2D eigenvalue weighted by molar-refractivity contribution is -0.171. The van der Waals surface area contributed by atoms with E-state index in [0.29, 0.717) is 56.9 Å². The molecule has 4 saturated carbocycles. The van der Waals surface area contributed by atoms with E-state index in [4.69, 9.17) is 40.9 Å². The van der Waals surface area contributed by atoms with Gasteiger partial charge in [-0.2, -0.15) is 0 Å². The zero-order valence-corrected chi connectivity index (χ0v) is 44.0. The van der Waals surface area contributed by atoms with Crippen LogP contribution in [-0.2, 0) is 28.5 Å². The lowest BCUT2D eigenvalue weighted by atomic mass is 9.40. The summed E-state index contributed by atoms with van der Waals surface area (Å²) in [4.78, 5) is 57.8. The fourth-order valence-electron chi connectivity index (χ4n) is 12.8. The van der Waals surface area contributed by atoms with Crippen LogP contribution in [-0.4, -0.2) is 128 Å². The topological polar surface area (TPSA) is 277 Å². The van der Waals surface area contributed by atoms with Crippen molar-refractivity contribution in [1.82, 2.24) is 26.6 Å². The molecule has 10 unspecified atom stereocenters. The molecule has 402 valence electrons. The van der Waals surface area contributed by atoms with Gasteiger partial charge in [-0.05, 0) is 122 Å². The molecular weight excluding hydrogens is 897 g/mol. The minimum Gasteiger partial charge on any atom is -0.449 e. The molecule has 0 aromatic carbocycles. The quantitative estimate of drug-likeness (QED) is 0.0187. The summed E-state index contributed by atoms with van der Waals surface area (Å²) in [6.07, 6.45) is 15.0. The Kier molecular flexibility index (Phi) is 24.4. The number of hydrogen-bond acceptors (Lipinski definition) is 11. The highest BCUT2D eigenvalue weighted by Gasteiger charge is 2.64. The molecule has 0 bridgehead atoms. The number of guanidine groups is 2. The van der Waals surface area contributed by atoms with Gasteiger partial charge in [0, 0.05) is 58.7 Å². The molecule has 4 amide bonds. The van der Waals surface area contributed by atoms with E-state index in [0.717, 1.165) is 54.8 Å². The molecule has 4 aliphatic carbocycles. The van der Waals surface area contributed by atoms with Gasteiger partial charge in [0.1, 0.15) is 12.7 Å². The van der Waals surface area contributed by atoms with Crippen molar-refractivity contribution in [3.05, 3.63) is 0 Å². The van der Waals surface area contributed by atoms with Gasteiger partial charge in [-0.3, -0.25) is 14.8 Å². The van der Waals surface area contributed by atoms with E-state index in [2.05, 4.69) is 78.1 Å². The fraction of sp³-hybridized carbons (Fsp3) is 0.882. The number of aliphatic imine (C=N–C) groups is 2. The van der Waals surface area contributed by atoms with Crippen LogP contribution >= 0.6 is 0 Å². The van der Waals surface area contributed by atoms with E-state index in [1.807, 2.05) is 0 Å². The Labute approximate surface area is 419 Å². The van der Waals surface area contributed by atoms with Gasteiger partial charge < -0.3 is 67.5 Å². The first-order valence-corrected chi connectivity index (χ1v) is 26.6. The summed E-state index contributed by atoms with van der Waals surface area (Å²) < 4.78 is 27.8. The molecule has 19 heteroatoms. The van der Waals surface area contributed by atoms with Crippen LogP contribution in [0.3, 0.4) is 0 Å². The van der Waals surface area contributed by atoms with Gasteiger partial charge in [0.15, 0.2) is 11.9 Å². The molecule has 10 atom stereocenters. The molecule has 70 heavy (non-hydrogen) atoms. The zero-order chi connectivity index (χ0) is 51.2. The predicted molar refractivity (Wildman–Crippen MR) is 273 cm³/mol. The van der Waals surface area contributed by atoms with Crippen molar-refractivity contribution in [3.8, 4) is 0 Å². The number of nitrogens with zero attached hydrogens (tertiary/aromatic N) is 2. The van der Waals surface area contributed by atoms with Crippen molar-refractivity contribution in [2.24, 2.45) is 78.9 Å². The maximum absolute atomic E-state index is 13.0. The number of rotatable bonds is 29. The average Bonchev–Trinajstić information content (AvgIpc) is 3.66. The number of nitrogens with two attached hydrogens (primary N) is 3. The molecule has 0 heterocycles. The minimum absolute atomic E-state index is 0.00344. The molecule has 0 radical (unpaired) electrons. The zero-order valence-electron chi connectivity index (χ0n) is 44.0. The molecule has 0 aliphatic heterocycles. The van der Waals surface area contributed by atoms with Gasteiger partial charge in [-0.25, -0.2) is 14.4 Å². The van der Waals surface area contributed by atoms with Gasteiger partial charge in [0.25, 0.3) is 0 Å². The summed E-state index contributed by atoms with van der Waals surface area (Å²) in [7, 11) is 1.58. The summed E-state index contributed by atoms with van der Waals surface area (Å²) in [5, 5.41) is 13.9. The van der Waals surface area contributed by atoms with Gasteiger partial charge in [-0.15, -0.1) is 0 Å². The summed E-state index contributed by atoms with van der Waals surface area (Å²) in [6.45, 7) is 17.3. The number of carbonyl (C=O) groups is 4. The van der Waals surface area contributed by atoms with Crippen molar-refractivity contribution < 1.29 is 42.9 Å². The Hall–Kier alpha value is -4.26. The van der Waals surface area contributed by atoms with E-state index >= 15 is 0 Å². The van der Waals surface area contributed by atoms with Crippen molar-refractivity contribution >= 4 is 36.1 Å². The molecule has 0 spiro atoms. The largest absolute Gasteiger partial charge is 0.449 e. The molecule has 4 aliphatic rings. The Balaban J connectivity index is 1.10. The molecule has 11 N–H and O–H groups in total. The number of fused-ring (bicyclic) bond motifs is 5. The minimum atomic E-state index is -0.619. The van der Waals surface area contributed by atoms with Crippen LogP contribution in [0.2, 0.25) is 0 Å². The van der Waals surface area contributed by atoms with Crippen LogP contribution in [0.25, 0.3) is 0 Å². The Bertz CT molecular complexity index is 1680. The molecule has 0 aromatic rings. The van der Waals surface area contributed by atoms with E-state index in [-0.39, 0.29) is 75.4 Å². The molecule has 0 aromatic heterocycles. The first kappa shape index (κ1) is 58.3. The van der Waals surface area contributed by atoms with Crippen molar-refractivity contribution in [2.75, 3.05) is 79.4 Å². The number of nitrogens with one attached hydrogen (secondary N) is 5. The second-order valence-electron chi connectivity index (χ2n) is 21.8. The third-order valence-corrected chi connectivity index (χ3v) is 16.8. The summed E-state index contributed by atoms with van der Waals surface area (Å²) >= 11 is 0. The normalized spacial score (nSPS) is 27.9. The number of alkyl carbamates (subject to hydrolysis) is 3. The third-order valence-electron chi connectivity index (χ3n) is 16.8. The maximum atomic E-state index is 13.0. The van der Waals surface area contributed by atoms with Crippen LogP contribution in [0.15, 0.2) is 9.98 Å². The Morgan fingerprint density at radius 2 is 1.34 bits per heavy atom. The van der Waals surface area contributed by atoms with Gasteiger partial charge >= 0.3 is 18.3 Å². The predicted octanol–water partition coefficient (Wildman–Crippen LogP) is 5.93. The van der Waals surface area contributed by atoms with Crippen molar-refractivity contribution in [2.45, 2.75) is 156 Å². The Morgan fingerprint density at radius 1 is 0.671 bits per heavy atom. The highest BCUT2D eigenvalue weighted by atomic mass is 16.6. The number of amides is 4. The van der Waals surface area contributed by atoms with Crippen LogP contribution in [0.5, 0.6) is 0 Å². The lowest BCUT2D eigenvalue weighted by Crippen LogP contribution is -2.58. The fourth-order valence-corrected chi connectivity index (χ4v) is 12.8. The highest BCUT2D eigenvalue weighted by Crippen LogP contribution is 2.71. The maximum Gasteiger partial charge on any atom is 0.407 e. The second-order valence-corrected chi connectivity index (χ2v) is 21.8. The first-order valence-electron chi connectivity index (χ1n) is 26.6. The molecule has 4 rings (SSSR count). The van der Waals surface area contributed by atoms with Crippen LogP contribution in [0.1, 0.15) is 144 Å². The van der Waals surface area contributed by atoms with Crippen molar-refractivity contribution in [3.63, 3.8) is 0 Å². The number of ether oxygens (including phenoxy) is 5. The van der Waals surface area contributed by atoms with Crippen LogP contribution in [0, 0.1) is 51.8 Å². The average molecular weight is 991 g/mol. The number of carbonyl (C=O) groups excluding carboxylic acids is 4. The summed E-state index contributed by atoms with van der Waals surface area (Å²) in [5.41, 5.74) is 17.1. The van der Waals surface area contributed by atoms with Gasteiger partial charge in [0.05, 0.1) is 33.0 Å². The molecule has 19 nitrogen and oxygen atoms in total. The van der Waals surface area contributed by atoms with Gasteiger partial charge in [-0.1, -0.05) is 60.8 Å². The second kappa shape index (κ2) is 29.3. The standard InChI is InChI=1S/C51H94N10O9/c1-35(2)11-8-12-36(3)40-13-14-41-39-16-20-49(4)33-38(15-22-51(49,6)42(39)17-21-50(40,41)5)70-48(65)60-27-30-66-31-32-67-34-43(62)61-37(18-28-68-46(63)58-25-9-23-56-44(52)53)19-29-69-47(64)59-26-10-24-57-45(54)55-7/h35-42H,8-34H2,1-7H3,(H,58,63)(H,59,64)(H,60,65)(H,61,62)(H4,52,53,56)(H3,54,55,57). The highest BCUT2D eigenvalue weighted by molar-refractivity contribution is 5.78.